The highest BCUT2D eigenvalue weighted by atomic mass is 35.5. The van der Waals surface area contributed by atoms with Crippen LogP contribution in [0.2, 0.25) is 0 Å². The van der Waals surface area contributed by atoms with E-state index >= 15 is 0 Å². The topological polar surface area (TPSA) is 41.1 Å². The largest absolute Gasteiger partial charge is 0.416 e. The minimum Gasteiger partial charge on any atom is -0.350 e. The maximum absolute atomic E-state index is 12.5. The number of halogens is 4. The lowest BCUT2D eigenvalue weighted by molar-refractivity contribution is -0.137. The molecule has 0 aliphatic rings. The molecule has 0 radical (unpaired) electrons. The Hall–Kier alpha value is -1.27. The van der Waals surface area contributed by atoms with Gasteiger partial charge in [-0.2, -0.15) is 13.2 Å². The highest BCUT2D eigenvalue weighted by Crippen LogP contribution is 2.29. The second kappa shape index (κ2) is 7.35. The van der Waals surface area contributed by atoms with E-state index in [1.165, 1.54) is 12.1 Å². The smallest absolute Gasteiger partial charge is 0.350 e. The summed E-state index contributed by atoms with van der Waals surface area (Å²) in [7, 11) is 1.74. The number of carbonyl (C=O) groups is 1. The van der Waals surface area contributed by atoms with Crippen molar-refractivity contribution < 1.29 is 18.0 Å². The van der Waals surface area contributed by atoms with Crippen LogP contribution in [0.25, 0.3) is 0 Å². The number of rotatable bonds is 4. The number of amides is 1. The van der Waals surface area contributed by atoms with Crippen LogP contribution in [0.15, 0.2) is 24.3 Å². The molecule has 0 saturated carbocycles. The molecule has 0 aliphatic carbocycles. The van der Waals surface area contributed by atoms with Crippen molar-refractivity contribution in [1.29, 1.82) is 0 Å². The van der Waals surface area contributed by atoms with E-state index in [4.69, 9.17) is 0 Å². The summed E-state index contributed by atoms with van der Waals surface area (Å²) in [5.74, 6) is -0.511. The van der Waals surface area contributed by atoms with Crippen LogP contribution >= 0.6 is 12.4 Å². The number of alkyl halides is 3. The fourth-order valence-electron chi connectivity index (χ4n) is 1.29. The molecular formula is C12H16ClF3N2O. The predicted octanol–water partition coefficient (Wildman–Crippen LogP) is 2.46. The molecule has 1 aromatic rings. The highest BCUT2D eigenvalue weighted by molar-refractivity contribution is 5.94. The van der Waals surface area contributed by atoms with Gasteiger partial charge in [-0.15, -0.1) is 12.4 Å². The second-order valence-electron chi connectivity index (χ2n) is 3.98. The van der Waals surface area contributed by atoms with Gasteiger partial charge >= 0.3 is 6.18 Å². The summed E-state index contributed by atoms with van der Waals surface area (Å²) in [5, 5.41) is 5.47. The Balaban J connectivity index is 0.00000324. The van der Waals surface area contributed by atoms with Crippen LogP contribution in [0.1, 0.15) is 22.8 Å². The van der Waals surface area contributed by atoms with Gasteiger partial charge in [0.15, 0.2) is 0 Å². The molecule has 0 bridgehead atoms. The third-order valence-electron chi connectivity index (χ3n) is 2.51. The van der Waals surface area contributed by atoms with E-state index < -0.39 is 17.6 Å². The van der Waals surface area contributed by atoms with Gasteiger partial charge in [0.05, 0.1) is 5.56 Å². The van der Waals surface area contributed by atoms with E-state index in [1.54, 1.807) is 7.05 Å². The van der Waals surface area contributed by atoms with Gasteiger partial charge in [-0.1, -0.05) is 6.07 Å². The van der Waals surface area contributed by atoms with E-state index in [0.29, 0.717) is 6.54 Å². The third-order valence-corrected chi connectivity index (χ3v) is 2.51. The summed E-state index contributed by atoms with van der Waals surface area (Å²) in [5.41, 5.74) is -0.815. The second-order valence-corrected chi connectivity index (χ2v) is 3.98. The Bertz CT molecular complexity index is 424. The zero-order valence-electron chi connectivity index (χ0n) is 10.5. The normalized spacial score (nSPS) is 12.5. The van der Waals surface area contributed by atoms with Gasteiger partial charge in [-0.05, 0) is 32.2 Å². The van der Waals surface area contributed by atoms with E-state index in [0.717, 1.165) is 12.1 Å². The number of nitrogens with one attached hydrogen (secondary N) is 2. The SMILES string of the molecule is CNC(C)CNC(=O)c1cccc(C(F)(F)F)c1.Cl. The van der Waals surface area contributed by atoms with Gasteiger partial charge in [0.25, 0.3) is 5.91 Å². The quantitative estimate of drug-likeness (QED) is 0.896. The first-order valence-electron chi connectivity index (χ1n) is 5.47. The van der Waals surface area contributed by atoms with Crippen molar-refractivity contribution in [1.82, 2.24) is 10.6 Å². The average Bonchev–Trinajstić information content (AvgIpc) is 2.34. The van der Waals surface area contributed by atoms with E-state index in [1.807, 2.05) is 6.92 Å². The molecule has 1 aromatic carbocycles. The van der Waals surface area contributed by atoms with Crippen LogP contribution in [-0.2, 0) is 6.18 Å². The lowest BCUT2D eigenvalue weighted by atomic mass is 10.1. The minimum absolute atomic E-state index is 0. The van der Waals surface area contributed by atoms with E-state index in [9.17, 15) is 18.0 Å². The summed E-state index contributed by atoms with van der Waals surface area (Å²) in [6, 6.07) is 4.42. The van der Waals surface area contributed by atoms with Gasteiger partial charge in [0, 0.05) is 18.2 Å². The molecule has 3 nitrogen and oxygen atoms in total. The zero-order chi connectivity index (χ0) is 13.8. The van der Waals surface area contributed by atoms with Crippen LogP contribution in [0.4, 0.5) is 13.2 Å². The zero-order valence-corrected chi connectivity index (χ0v) is 11.4. The Morgan fingerprint density at radius 3 is 2.53 bits per heavy atom. The molecular weight excluding hydrogens is 281 g/mol. The molecule has 108 valence electrons. The summed E-state index contributed by atoms with van der Waals surface area (Å²) in [4.78, 5) is 11.6. The molecule has 0 spiro atoms. The predicted molar refractivity (Wildman–Crippen MR) is 69.5 cm³/mol. The first kappa shape index (κ1) is 17.7. The molecule has 1 atom stereocenters. The molecule has 1 rings (SSSR count). The average molecular weight is 297 g/mol. The van der Waals surface area contributed by atoms with Crippen LogP contribution < -0.4 is 10.6 Å². The van der Waals surface area contributed by atoms with Crippen molar-refractivity contribution in [3.8, 4) is 0 Å². The number of hydrogen-bond donors (Lipinski definition) is 2. The van der Waals surface area contributed by atoms with Crippen molar-refractivity contribution in [3.63, 3.8) is 0 Å². The van der Waals surface area contributed by atoms with Crippen molar-refractivity contribution in [2.24, 2.45) is 0 Å². The first-order chi connectivity index (χ1) is 8.34. The summed E-state index contributed by atoms with van der Waals surface area (Å²) in [6.45, 7) is 2.21. The Labute approximate surface area is 116 Å². The van der Waals surface area contributed by atoms with E-state index in [-0.39, 0.29) is 24.0 Å². The van der Waals surface area contributed by atoms with Gasteiger partial charge in [-0.3, -0.25) is 4.79 Å². The lowest BCUT2D eigenvalue weighted by Gasteiger charge is -2.12. The molecule has 7 heteroatoms. The summed E-state index contributed by atoms with van der Waals surface area (Å²) in [6.07, 6.45) is -4.44. The van der Waals surface area contributed by atoms with Crippen molar-refractivity contribution in [2.75, 3.05) is 13.6 Å². The Kier molecular flexibility index (Phi) is 6.86. The Morgan fingerprint density at radius 1 is 1.37 bits per heavy atom. The monoisotopic (exact) mass is 296 g/mol. The summed E-state index contributed by atoms with van der Waals surface area (Å²) < 4.78 is 37.4. The van der Waals surface area contributed by atoms with Crippen molar-refractivity contribution >= 4 is 18.3 Å². The van der Waals surface area contributed by atoms with Gasteiger partial charge < -0.3 is 10.6 Å². The molecule has 1 unspecified atom stereocenters. The summed E-state index contributed by atoms with van der Waals surface area (Å²) >= 11 is 0. The maximum Gasteiger partial charge on any atom is 0.416 e. The molecule has 0 saturated heterocycles. The number of likely N-dealkylation sites (N-methyl/N-ethyl adjacent to an activating group) is 1. The standard InChI is InChI=1S/C12H15F3N2O.ClH/c1-8(16-2)7-17-11(18)9-4-3-5-10(6-9)12(13,14)15;/h3-6,8,16H,7H2,1-2H3,(H,17,18);1H. The molecule has 0 aromatic heterocycles. The van der Waals surface area contributed by atoms with Crippen LogP contribution in [-0.4, -0.2) is 25.5 Å². The molecule has 0 aliphatic heterocycles. The van der Waals surface area contributed by atoms with Crippen LogP contribution in [0.3, 0.4) is 0 Å². The van der Waals surface area contributed by atoms with Crippen molar-refractivity contribution in [2.45, 2.75) is 19.1 Å². The molecule has 2 N–H and O–H groups in total. The highest BCUT2D eigenvalue weighted by Gasteiger charge is 2.30. The van der Waals surface area contributed by atoms with Crippen LogP contribution in [0, 0.1) is 0 Å². The lowest BCUT2D eigenvalue weighted by Crippen LogP contribution is -2.37. The maximum atomic E-state index is 12.5. The van der Waals surface area contributed by atoms with E-state index in [2.05, 4.69) is 10.6 Å². The third kappa shape index (κ3) is 5.48. The van der Waals surface area contributed by atoms with Gasteiger partial charge in [0.1, 0.15) is 0 Å². The molecule has 0 fully saturated rings. The number of hydrogen-bond acceptors (Lipinski definition) is 2. The van der Waals surface area contributed by atoms with Crippen LogP contribution in [0.5, 0.6) is 0 Å². The number of carbonyl (C=O) groups excluding carboxylic acids is 1. The van der Waals surface area contributed by atoms with Gasteiger partial charge in [0.2, 0.25) is 0 Å². The molecule has 19 heavy (non-hydrogen) atoms. The van der Waals surface area contributed by atoms with Gasteiger partial charge in [-0.25, -0.2) is 0 Å². The molecule has 1 amide bonds. The Morgan fingerprint density at radius 2 is 2.00 bits per heavy atom. The number of benzene rings is 1. The fourth-order valence-corrected chi connectivity index (χ4v) is 1.29. The first-order valence-corrected chi connectivity index (χ1v) is 5.47. The minimum atomic E-state index is -4.44. The van der Waals surface area contributed by atoms with Crippen molar-refractivity contribution in [3.05, 3.63) is 35.4 Å². The fraction of sp³-hybridized carbons (Fsp3) is 0.417. The molecule has 0 heterocycles.